The van der Waals surface area contributed by atoms with Crippen molar-refractivity contribution in [2.24, 2.45) is 0 Å². The van der Waals surface area contributed by atoms with Crippen LogP contribution in [0.5, 0.6) is 0 Å². The largest absolute Gasteiger partial charge is 0.369 e. The standard InChI is InChI=1S/C13H15ClN2O2/c1-9(18)15-11-4-5-16(7-11)12-3-2-10(8-17)13(14)6-12/h2-3,6,8,11H,4-5,7H2,1H3,(H,15,18). The lowest BCUT2D eigenvalue weighted by atomic mass is 10.2. The van der Waals surface area contributed by atoms with E-state index in [0.29, 0.717) is 10.6 Å². The number of hydrogen-bond acceptors (Lipinski definition) is 3. The Labute approximate surface area is 111 Å². The molecular weight excluding hydrogens is 252 g/mol. The lowest BCUT2D eigenvalue weighted by molar-refractivity contribution is -0.119. The highest BCUT2D eigenvalue weighted by Gasteiger charge is 2.23. The molecule has 1 saturated heterocycles. The van der Waals surface area contributed by atoms with Crippen LogP contribution >= 0.6 is 11.6 Å². The van der Waals surface area contributed by atoms with E-state index in [2.05, 4.69) is 10.2 Å². The van der Waals surface area contributed by atoms with Crippen LogP contribution in [-0.4, -0.2) is 31.3 Å². The van der Waals surface area contributed by atoms with Crippen LogP contribution in [0, 0.1) is 0 Å². The summed E-state index contributed by atoms with van der Waals surface area (Å²) in [5.41, 5.74) is 1.48. The van der Waals surface area contributed by atoms with Gasteiger partial charge in [0.25, 0.3) is 0 Å². The second kappa shape index (κ2) is 5.40. The summed E-state index contributed by atoms with van der Waals surface area (Å²) in [4.78, 5) is 23.8. The first-order valence-corrected chi connectivity index (χ1v) is 6.24. The number of anilines is 1. The zero-order chi connectivity index (χ0) is 13.1. The fourth-order valence-corrected chi connectivity index (χ4v) is 2.43. The molecule has 1 aromatic carbocycles. The average molecular weight is 267 g/mol. The van der Waals surface area contributed by atoms with Gasteiger partial charge in [-0.05, 0) is 24.6 Å². The molecule has 2 rings (SSSR count). The van der Waals surface area contributed by atoms with E-state index in [1.165, 1.54) is 6.92 Å². The molecule has 1 N–H and O–H groups in total. The SMILES string of the molecule is CC(=O)NC1CCN(c2ccc(C=O)c(Cl)c2)C1. The van der Waals surface area contributed by atoms with E-state index in [1.807, 2.05) is 6.07 Å². The molecule has 18 heavy (non-hydrogen) atoms. The Morgan fingerprint density at radius 2 is 2.33 bits per heavy atom. The number of carbonyl (C=O) groups excluding carboxylic acids is 2. The lowest BCUT2D eigenvalue weighted by Gasteiger charge is -2.19. The van der Waals surface area contributed by atoms with Gasteiger partial charge in [-0.15, -0.1) is 0 Å². The molecular formula is C13H15ClN2O2. The second-order valence-electron chi connectivity index (χ2n) is 4.46. The molecule has 1 fully saturated rings. The summed E-state index contributed by atoms with van der Waals surface area (Å²) in [6.07, 6.45) is 1.67. The van der Waals surface area contributed by atoms with E-state index in [0.717, 1.165) is 31.5 Å². The van der Waals surface area contributed by atoms with Crippen molar-refractivity contribution in [3.63, 3.8) is 0 Å². The molecule has 0 aliphatic carbocycles. The van der Waals surface area contributed by atoms with Crippen molar-refractivity contribution in [2.45, 2.75) is 19.4 Å². The predicted molar refractivity (Wildman–Crippen MR) is 71.3 cm³/mol. The number of aldehydes is 1. The zero-order valence-corrected chi connectivity index (χ0v) is 10.9. The molecule has 0 aromatic heterocycles. The minimum absolute atomic E-state index is 0.00353. The number of benzene rings is 1. The van der Waals surface area contributed by atoms with Crippen molar-refractivity contribution < 1.29 is 9.59 Å². The summed E-state index contributed by atoms with van der Waals surface area (Å²) < 4.78 is 0. The van der Waals surface area contributed by atoms with Crippen LogP contribution in [0.15, 0.2) is 18.2 Å². The van der Waals surface area contributed by atoms with Crippen LogP contribution in [0.1, 0.15) is 23.7 Å². The number of nitrogens with one attached hydrogen (secondary N) is 1. The van der Waals surface area contributed by atoms with Crippen molar-refractivity contribution in [1.29, 1.82) is 0 Å². The summed E-state index contributed by atoms with van der Waals surface area (Å²) in [6, 6.07) is 5.58. The molecule has 1 atom stereocenters. The quantitative estimate of drug-likeness (QED) is 0.850. The van der Waals surface area contributed by atoms with Crippen molar-refractivity contribution >= 4 is 29.5 Å². The topological polar surface area (TPSA) is 49.4 Å². The second-order valence-corrected chi connectivity index (χ2v) is 4.86. The third-order valence-corrected chi connectivity index (χ3v) is 3.40. The highest BCUT2D eigenvalue weighted by Crippen LogP contribution is 2.25. The van der Waals surface area contributed by atoms with Crippen molar-refractivity contribution in [2.75, 3.05) is 18.0 Å². The Kier molecular flexibility index (Phi) is 3.87. The zero-order valence-electron chi connectivity index (χ0n) is 10.1. The van der Waals surface area contributed by atoms with Crippen LogP contribution in [0.25, 0.3) is 0 Å². The van der Waals surface area contributed by atoms with E-state index in [1.54, 1.807) is 12.1 Å². The highest BCUT2D eigenvalue weighted by atomic mass is 35.5. The molecule has 1 aliphatic rings. The van der Waals surface area contributed by atoms with Gasteiger partial charge in [-0.3, -0.25) is 9.59 Å². The number of rotatable bonds is 3. The van der Waals surface area contributed by atoms with Crippen LogP contribution in [-0.2, 0) is 4.79 Å². The van der Waals surface area contributed by atoms with Gasteiger partial charge in [-0.25, -0.2) is 0 Å². The Hall–Kier alpha value is -1.55. The van der Waals surface area contributed by atoms with Gasteiger partial charge in [0.15, 0.2) is 6.29 Å². The molecule has 1 unspecified atom stereocenters. The van der Waals surface area contributed by atoms with Gasteiger partial charge in [0.1, 0.15) is 0 Å². The Bertz CT molecular complexity index is 476. The molecule has 0 spiro atoms. The number of nitrogens with zero attached hydrogens (tertiary/aromatic N) is 1. The maximum Gasteiger partial charge on any atom is 0.217 e. The molecule has 1 aliphatic heterocycles. The lowest BCUT2D eigenvalue weighted by Crippen LogP contribution is -2.35. The van der Waals surface area contributed by atoms with Gasteiger partial charge < -0.3 is 10.2 Å². The van der Waals surface area contributed by atoms with Gasteiger partial charge in [0, 0.05) is 37.3 Å². The van der Waals surface area contributed by atoms with E-state index in [4.69, 9.17) is 11.6 Å². The fraction of sp³-hybridized carbons (Fsp3) is 0.385. The first-order chi connectivity index (χ1) is 8.60. The van der Waals surface area contributed by atoms with E-state index >= 15 is 0 Å². The van der Waals surface area contributed by atoms with Gasteiger partial charge in [0.2, 0.25) is 5.91 Å². The maximum absolute atomic E-state index is 11.0. The van der Waals surface area contributed by atoms with Crippen LogP contribution in [0.2, 0.25) is 5.02 Å². The fourth-order valence-electron chi connectivity index (χ4n) is 2.21. The Balaban J connectivity index is 2.07. The predicted octanol–water partition coefficient (Wildman–Crippen LogP) is 1.87. The van der Waals surface area contributed by atoms with Gasteiger partial charge >= 0.3 is 0 Å². The van der Waals surface area contributed by atoms with Crippen LogP contribution in [0.4, 0.5) is 5.69 Å². The summed E-state index contributed by atoms with van der Waals surface area (Å²) in [5.74, 6) is -0.00353. The van der Waals surface area contributed by atoms with E-state index in [-0.39, 0.29) is 11.9 Å². The first kappa shape index (κ1) is 12.9. The number of halogens is 1. The maximum atomic E-state index is 11.0. The smallest absolute Gasteiger partial charge is 0.217 e. The van der Waals surface area contributed by atoms with E-state index in [9.17, 15) is 9.59 Å². The molecule has 4 nitrogen and oxygen atoms in total. The average Bonchev–Trinajstić information content (AvgIpc) is 2.76. The van der Waals surface area contributed by atoms with Gasteiger partial charge in [0.05, 0.1) is 5.02 Å². The number of carbonyl (C=O) groups is 2. The summed E-state index contributed by atoms with van der Waals surface area (Å²) in [7, 11) is 0. The van der Waals surface area contributed by atoms with Crippen LogP contribution in [0.3, 0.4) is 0 Å². The Morgan fingerprint density at radius 3 is 2.94 bits per heavy atom. The number of hydrogen-bond donors (Lipinski definition) is 1. The summed E-state index contributed by atoms with van der Waals surface area (Å²) in [6.45, 7) is 3.18. The third-order valence-electron chi connectivity index (χ3n) is 3.07. The normalized spacial score (nSPS) is 18.8. The number of amides is 1. The van der Waals surface area contributed by atoms with Crippen molar-refractivity contribution in [3.8, 4) is 0 Å². The minimum Gasteiger partial charge on any atom is -0.369 e. The molecule has 0 saturated carbocycles. The molecule has 1 aromatic rings. The molecule has 5 heteroatoms. The minimum atomic E-state index is -0.00353. The van der Waals surface area contributed by atoms with Crippen LogP contribution < -0.4 is 10.2 Å². The highest BCUT2D eigenvalue weighted by molar-refractivity contribution is 6.33. The monoisotopic (exact) mass is 266 g/mol. The third kappa shape index (κ3) is 2.82. The molecule has 1 amide bonds. The molecule has 1 heterocycles. The Morgan fingerprint density at radius 1 is 1.56 bits per heavy atom. The van der Waals surface area contributed by atoms with Crippen molar-refractivity contribution in [3.05, 3.63) is 28.8 Å². The van der Waals surface area contributed by atoms with E-state index < -0.39 is 0 Å². The molecule has 96 valence electrons. The summed E-state index contributed by atoms with van der Waals surface area (Å²) >= 11 is 6.00. The van der Waals surface area contributed by atoms with Gasteiger partial charge in [-0.1, -0.05) is 11.6 Å². The molecule has 0 bridgehead atoms. The van der Waals surface area contributed by atoms with Crippen molar-refractivity contribution in [1.82, 2.24) is 5.32 Å². The van der Waals surface area contributed by atoms with Gasteiger partial charge in [-0.2, -0.15) is 0 Å². The molecule has 0 radical (unpaired) electrons. The first-order valence-electron chi connectivity index (χ1n) is 5.87. The summed E-state index contributed by atoms with van der Waals surface area (Å²) in [5, 5.41) is 3.37.